The minimum absolute atomic E-state index is 0.0150. The fraction of sp³-hybridized carbons (Fsp3) is 0.208. The van der Waals surface area contributed by atoms with Crippen LogP contribution in [0.25, 0.3) is 22.3 Å². The number of amides is 1. The van der Waals surface area contributed by atoms with Crippen molar-refractivity contribution in [3.63, 3.8) is 0 Å². The van der Waals surface area contributed by atoms with Crippen LogP contribution < -0.4 is 4.74 Å². The van der Waals surface area contributed by atoms with Crippen LogP contribution in [0.2, 0.25) is 0 Å². The average Bonchev–Trinajstić information content (AvgIpc) is 3.40. The van der Waals surface area contributed by atoms with Crippen molar-refractivity contribution in [1.29, 1.82) is 0 Å². The van der Waals surface area contributed by atoms with E-state index >= 15 is 0 Å². The molecule has 1 amide bonds. The van der Waals surface area contributed by atoms with E-state index in [-0.39, 0.29) is 10.9 Å². The van der Waals surface area contributed by atoms with Gasteiger partial charge in [-0.15, -0.1) is 0 Å². The summed E-state index contributed by atoms with van der Waals surface area (Å²) in [5, 5.41) is 0.918. The summed E-state index contributed by atoms with van der Waals surface area (Å²) in [6, 6.07) is 14.6. The molecular weight excluding hydrogens is 440 g/mol. The molecule has 0 saturated carbocycles. The first-order chi connectivity index (χ1) is 15.9. The van der Waals surface area contributed by atoms with Gasteiger partial charge < -0.3 is 14.6 Å². The van der Waals surface area contributed by atoms with Crippen LogP contribution in [0.3, 0.4) is 0 Å². The van der Waals surface area contributed by atoms with Gasteiger partial charge in [-0.3, -0.25) is 9.78 Å². The number of carbonyl (C=O) groups excluding carboxylic acids is 1. The van der Waals surface area contributed by atoms with Gasteiger partial charge in [-0.25, -0.2) is 13.4 Å². The molecule has 1 aliphatic heterocycles. The number of nitrogens with one attached hydrogen (secondary N) is 1. The summed E-state index contributed by atoms with van der Waals surface area (Å²) in [5.74, 6) is 1.12. The molecule has 8 nitrogen and oxygen atoms in total. The molecule has 1 saturated heterocycles. The van der Waals surface area contributed by atoms with Crippen molar-refractivity contribution >= 4 is 26.6 Å². The Morgan fingerprint density at radius 2 is 2.00 bits per heavy atom. The molecule has 1 aliphatic rings. The number of rotatable bonds is 6. The second-order valence-electron chi connectivity index (χ2n) is 8.07. The van der Waals surface area contributed by atoms with E-state index in [2.05, 4.69) is 15.0 Å². The number of aromatic amines is 1. The minimum atomic E-state index is -3.40. The Morgan fingerprint density at radius 1 is 1.12 bits per heavy atom. The molecule has 1 N–H and O–H groups in total. The van der Waals surface area contributed by atoms with Gasteiger partial charge in [0, 0.05) is 48.4 Å². The number of ether oxygens (including phenoxy) is 1. The standard InChI is InChI=1S/C24H22N4O4S/c1-33(30,31)23-8-7-18(14-26-23)32-22-13-16-11-21(19-5-2-3-9-25-19)27-20(16)12-17(22)15-28-10-4-6-24(28)29/h2-3,5,7-9,11-14,27H,4,6,10,15H2,1H3. The van der Waals surface area contributed by atoms with Gasteiger partial charge in [0.05, 0.1) is 17.6 Å². The SMILES string of the molecule is CS(=O)(=O)c1ccc(Oc2cc3cc(-c4ccccn4)[nH]c3cc2CN2CCCC2=O)cn1. The van der Waals surface area contributed by atoms with E-state index in [1.807, 2.05) is 41.3 Å². The number of pyridine rings is 2. The molecule has 0 spiro atoms. The maximum Gasteiger partial charge on any atom is 0.222 e. The van der Waals surface area contributed by atoms with Crippen LogP contribution >= 0.6 is 0 Å². The summed E-state index contributed by atoms with van der Waals surface area (Å²) in [7, 11) is -3.40. The lowest BCUT2D eigenvalue weighted by Crippen LogP contribution is -2.24. The number of hydrogen-bond donors (Lipinski definition) is 1. The molecule has 0 unspecified atom stereocenters. The fourth-order valence-corrected chi connectivity index (χ4v) is 4.49. The van der Waals surface area contributed by atoms with Crippen molar-refractivity contribution in [3.05, 3.63) is 66.5 Å². The first kappa shape index (κ1) is 21.1. The Kier molecular flexibility index (Phi) is 5.33. The zero-order valence-electron chi connectivity index (χ0n) is 18.0. The highest BCUT2D eigenvalue weighted by Gasteiger charge is 2.22. The molecular formula is C24H22N4O4S. The first-order valence-corrected chi connectivity index (χ1v) is 12.4. The molecule has 1 fully saturated rings. The number of carbonyl (C=O) groups is 1. The van der Waals surface area contributed by atoms with Crippen LogP contribution in [-0.2, 0) is 21.2 Å². The van der Waals surface area contributed by atoms with E-state index in [1.54, 1.807) is 12.3 Å². The second kappa shape index (κ2) is 8.32. The predicted molar refractivity (Wildman–Crippen MR) is 124 cm³/mol. The molecule has 0 aliphatic carbocycles. The summed E-state index contributed by atoms with van der Waals surface area (Å²) < 4.78 is 29.5. The van der Waals surface area contributed by atoms with Crippen LogP contribution in [0.1, 0.15) is 18.4 Å². The van der Waals surface area contributed by atoms with Crippen molar-refractivity contribution in [2.45, 2.75) is 24.4 Å². The topological polar surface area (TPSA) is 105 Å². The summed E-state index contributed by atoms with van der Waals surface area (Å²) >= 11 is 0. The number of nitrogens with zero attached hydrogens (tertiary/aromatic N) is 3. The molecule has 0 atom stereocenters. The molecule has 168 valence electrons. The number of H-pyrrole nitrogens is 1. The fourth-order valence-electron chi connectivity index (χ4n) is 3.93. The third-order valence-corrected chi connectivity index (χ3v) is 6.59. The minimum Gasteiger partial charge on any atom is -0.455 e. The summed E-state index contributed by atoms with van der Waals surface area (Å²) in [4.78, 5) is 25.9. The number of fused-ring (bicyclic) bond motifs is 1. The molecule has 33 heavy (non-hydrogen) atoms. The Balaban J connectivity index is 1.54. The van der Waals surface area contributed by atoms with Gasteiger partial charge in [0.25, 0.3) is 0 Å². The lowest BCUT2D eigenvalue weighted by Gasteiger charge is -2.18. The third kappa shape index (κ3) is 4.45. The van der Waals surface area contributed by atoms with Crippen LogP contribution in [0.5, 0.6) is 11.5 Å². The van der Waals surface area contributed by atoms with Gasteiger partial charge in [-0.2, -0.15) is 0 Å². The Labute approximate surface area is 191 Å². The van der Waals surface area contributed by atoms with E-state index in [0.29, 0.717) is 31.0 Å². The van der Waals surface area contributed by atoms with Crippen molar-refractivity contribution in [2.24, 2.45) is 0 Å². The molecule has 5 rings (SSSR count). The van der Waals surface area contributed by atoms with Gasteiger partial charge >= 0.3 is 0 Å². The molecule has 4 aromatic rings. The van der Waals surface area contributed by atoms with Gasteiger partial charge in [-0.05, 0) is 48.9 Å². The second-order valence-corrected chi connectivity index (χ2v) is 10.0. The summed E-state index contributed by atoms with van der Waals surface area (Å²) in [6.45, 7) is 1.14. The zero-order chi connectivity index (χ0) is 23.0. The Morgan fingerprint density at radius 3 is 2.67 bits per heavy atom. The maximum absolute atomic E-state index is 12.2. The van der Waals surface area contributed by atoms with Gasteiger partial charge in [-0.1, -0.05) is 6.07 Å². The van der Waals surface area contributed by atoms with Crippen molar-refractivity contribution in [1.82, 2.24) is 19.9 Å². The molecule has 4 heterocycles. The van der Waals surface area contributed by atoms with Gasteiger partial charge in [0.1, 0.15) is 11.5 Å². The lowest BCUT2D eigenvalue weighted by molar-refractivity contribution is -0.128. The molecule has 0 bridgehead atoms. The summed E-state index contributed by atoms with van der Waals surface area (Å²) in [6.07, 6.45) is 5.65. The smallest absolute Gasteiger partial charge is 0.222 e. The molecule has 9 heteroatoms. The van der Waals surface area contributed by atoms with Crippen LogP contribution in [-0.4, -0.2) is 47.0 Å². The number of sulfone groups is 1. The van der Waals surface area contributed by atoms with Gasteiger partial charge in [0.15, 0.2) is 14.9 Å². The van der Waals surface area contributed by atoms with Crippen LogP contribution in [0.4, 0.5) is 0 Å². The molecule has 3 aromatic heterocycles. The van der Waals surface area contributed by atoms with Crippen LogP contribution in [0, 0.1) is 0 Å². The molecule has 0 radical (unpaired) electrons. The normalized spacial score (nSPS) is 14.2. The average molecular weight is 463 g/mol. The number of aromatic nitrogens is 3. The maximum atomic E-state index is 12.2. The van der Waals surface area contributed by atoms with Crippen molar-refractivity contribution < 1.29 is 17.9 Å². The van der Waals surface area contributed by atoms with E-state index < -0.39 is 9.84 Å². The van der Waals surface area contributed by atoms with Crippen molar-refractivity contribution in [2.75, 3.05) is 12.8 Å². The first-order valence-electron chi connectivity index (χ1n) is 10.6. The quantitative estimate of drug-likeness (QED) is 0.465. The Bertz CT molecular complexity index is 1430. The predicted octanol–water partition coefficient (Wildman–Crippen LogP) is 3.94. The highest BCUT2D eigenvalue weighted by molar-refractivity contribution is 7.90. The third-order valence-electron chi connectivity index (χ3n) is 5.59. The van der Waals surface area contributed by atoms with E-state index in [0.717, 1.165) is 40.5 Å². The number of likely N-dealkylation sites (tertiary alicyclic amines) is 1. The molecule has 1 aromatic carbocycles. The summed E-state index contributed by atoms with van der Waals surface area (Å²) in [5.41, 5.74) is 3.47. The van der Waals surface area contributed by atoms with E-state index in [1.165, 1.54) is 12.3 Å². The lowest BCUT2D eigenvalue weighted by atomic mass is 10.1. The highest BCUT2D eigenvalue weighted by atomic mass is 32.2. The van der Waals surface area contributed by atoms with Crippen molar-refractivity contribution in [3.8, 4) is 22.9 Å². The monoisotopic (exact) mass is 462 g/mol. The van der Waals surface area contributed by atoms with E-state index in [4.69, 9.17) is 4.74 Å². The van der Waals surface area contributed by atoms with E-state index in [9.17, 15) is 13.2 Å². The zero-order valence-corrected chi connectivity index (χ0v) is 18.8. The highest BCUT2D eigenvalue weighted by Crippen LogP contribution is 2.33. The number of benzene rings is 1. The Hall–Kier alpha value is -3.72. The van der Waals surface area contributed by atoms with Gasteiger partial charge in [0.2, 0.25) is 5.91 Å². The largest absolute Gasteiger partial charge is 0.455 e. The number of hydrogen-bond acceptors (Lipinski definition) is 6. The van der Waals surface area contributed by atoms with Crippen LogP contribution in [0.15, 0.2) is 66.0 Å².